The van der Waals surface area contributed by atoms with Crippen molar-refractivity contribution in [3.63, 3.8) is 0 Å². The van der Waals surface area contributed by atoms with Crippen LogP contribution < -0.4 is 14.4 Å². The van der Waals surface area contributed by atoms with Crippen LogP contribution in [0.15, 0.2) is 36.4 Å². The summed E-state index contributed by atoms with van der Waals surface area (Å²) >= 11 is 6.38. The molecule has 5 atom stereocenters. The zero-order valence-corrected chi connectivity index (χ0v) is 31.5. The molecule has 1 saturated carbocycles. The fraction of sp³-hybridized carbons (Fsp3) is 0.658. The second-order valence-electron chi connectivity index (χ2n) is 15.0. The van der Waals surface area contributed by atoms with Gasteiger partial charge in [-0.15, -0.1) is 0 Å². The summed E-state index contributed by atoms with van der Waals surface area (Å²) in [7, 11) is 1.55. The molecule has 50 heavy (non-hydrogen) atoms. The van der Waals surface area contributed by atoms with Gasteiger partial charge in [0.1, 0.15) is 17.6 Å². The molecule has 3 heterocycles. The number of aryl methyl sites for hydroxylation is 1. The van der Waals surface area contributed by atoms with Gasteiger partial charge in [0.25, 0.3) is 5.91 Å². The highest BCUT2D eigenvalue weighted by Gasteiger charge is 2.44. The molecule has 10 nitrogen and oxygen atoms in total. The SMILES string of the molecule is COC[C@@H]1[C@@H](C)CCC[C@@H](C2OCC(N(C)C)CO2)[C@@H]2CC[C@H]2CN2CCCCc3cc(Cl)ccc3COc3ccc(cc32)C(=O)NS1(=O)=O. The first kappa shape index (κ1) is 37.4. The van der Waals surface area contributed by atoms with E-state index < -0.39 is 21.2 Å². The number of rotatable bonds is 4. The van der Waals surface area contributed by atoms with E-state index in [9.17, 15) is 13.2 Å². The fourth-order valence-electron chi connectivity index (χ4n) is 8.20. The van der Waals surface area contributed by atoms with Gasteiger partial charge in [-0.25, -0.2) is 13.1 Å². The highest BCUT2D eigenvalue weighted by molar-refractivity contribution is 7.90. The molecule has 2 bridgehead atoms. The van der Waals surface area contributed by atoms with E-state index >= 15 is 0 Å². The lowest BCUT2D eigenvalue weighted by Crippen LogP contribution is -2.50. The molecule has 2 aromatic rings. The second kappa shape index (κ2) is 16.5. The van der Waals surface area contributed by atoms with Gasteiger partial charge < -0.3 is 28.7 Å². The third kappa shape index (κ3) is 8.61. The molecule has 1 aliphatic carbocycles. The molecule has 0 spiro atoms. The monoisotopic (exact) mass is 731 g/mol. The van der Waals surface area contributed by atoms with E-state index in [1.807, 2.05) is 31.2 Å². The number of ether oxygens (including phenoxy) is 4. The Labute approximate surface area is 303 Å². The van der Waals surface area contributed by atoms with Crippen molar-refractivity contribution in [2.75, 3.05) is 59.0 Å². The smallest absolute Gasteiger partial charge is 0.264 e. The molecule has 0 radical (unpaired) electrons. The maximum Gasteiger partial charge on any atom is 0.264 e. The third-order valence-electron chi connectivity index (χ3n) is 11.5. The van der Waals surface area contributed by atoms with E-state index in [2.05, 4.69) is 28.6 Å². The molecule has 1 amide bonds. The van der Waals surface area contributed by atoms with Crippen LogP contribution in [0.2, 0.25) is 5.02 Å². The molecule has 2 aromatic carbocycles. The molecule has 6 rings (SSSR count). The van der Waals surface area contributed by atoms with E-state index in [4.69, 9.17) is 30.5 Å². The number of hydrogen-bond donors (Lipinski definition) is 1. The largest absolute Gasteiger partial charge is 0.487 e. The zero-order chi connectivity index (χ0) is 35.4. The van der Waals surface area contributed by atoms with E-state index in [0.717, 1.165) is 69.3 Å². The quantitative estimate of drug-likeness (QED) is 0.412. The number of fused-ring (bicyclic) bond motifs is 3. The minimum Gasteiger partial charge on any atom is -0.487 e. The number of amides is 1. The number of methoxy groups -OCH3 is 1. The highest BCUT2D eigenvalue weighted by Crippen LogP contribution is 2.46. The van der Waals surface area contributed by atoms with Crippen molar-refractivity contribution in [3.05, 3.63) is 58.1 Å². The Morgan fingerprint density at radius 1 is 0.980 bits per heavy atom. The predicted molar refractivity (Wildman–Crippen MR) is 195 cm³/mol. The molecule has 0 unspecified atom stereocenters. The molecule has 276 valence electrons. The summed E-state index contributed by atoms with van der Waals surface area (Å²) in [6.07, 6.45) is 7.11. The van der Waals surface area contributed by atoms with Gasteiger partial charge in [0.15, 0.2) is 6.29 Å². The number of carbonyl (C=O) groups is 1. The van der Waals surface area contributed by atoms with Crippen LogP contribution in [-0.2, 0) is 37.3 Å². The number of hydrogen-bond acceptors (Lipinski definition) is 9. The number of anilines is 1. The molecular weight excluding hydrogens is 678 g/mol. The third-order valence-corrected chi connectivity index (χ3v) is 13.6. The summed E-state index contributed by atoms with van der Waals surface area (Å²) in [5.41, 5.74) is 3.36. The highest BCUT2D eigenvalue weighted by atomic mass is 35.5. The fourth-order valence-corrected chi connectivity index (χ4v) is 9.99. The van der Waals surface area contributed by atoms with Crippen molar-refractivity contribution in [2.24, 2.45) is 23.7 Å². The minimum atomic E-state index is -4.05. The van der Waals surface area contributed by atoms with Crippen molar-refractivity contribution >= 4 is 33.2 Å². The maximum atomic E-state index is 13.8. The molecule has 1 N–H and O–H groups in total. The van der Waals surface area contributed by atoms with Crippen LogP contribution in [0.1, 0.15) is 73.4 Å². The van der Waals surface area contributed by atoms with E-state index in [-0.39, 0.29) is 36.3 Å². The summed E-state index contributed by atoms with van der Waals surface area (Å²) in [6.45, 7) is 5.14. The first-order valence-electron chi connectivity index (χ1n) is 18.3. The van der Waals surface area contributed by atoms with E-state index in [0.29, 0.717) is 48.8 Å². The lowest BCUT2D eigenvalue weighted by Gasteiger charge is -2.48. The minimum absolute atomic E-state index is 0.00281. The van der Waals surface area contributed by atoms with E-state index in [1.165, 1.54) is 12.7 Å². The number of benzene rings is 2. The van der Waals surface area contributed by atoms with Crippen molar-refractivity contribution in [3.8, 4) is 5.75 Å². The summed E-state index contributed by atoms with van der Waals surface area (Å²) in [5.74, 6) is 0.799. The topological polar surface area (TPSA) is 107 Å². The zero-order valence-electron chi connectivity index (χ0n) is 29.9. The predicted octanol–water partition coefficient (Wildman–Crippen LogP) is 5.90. The van der Waals surface area contributed by atoms with Gasteiger partial charge in [0.05, 0.1) is 31.5 Å². The lowest BCUT2D eigenvalue weighted by molar-refractivity contribution is -0.240. The average Bonchev–Trinajstić information content (AvgIpc) is 3.11. The van der Waals surface area contributed by atoms with Gasteiger partial charge in [-0.05, 0) is 118 Å². The Balaban J connectivity index is 1.36. The number of sulfonamides is 1. The lowest BCUT2D eigenvalue weighted by atomic mass is 9.65. The number of likely N-dealkylation sites (N-methyl/N-ethyl adjacent to an activating group) is 1. The standard InChI is InChI=1S/C38H54ClN3O7S/c1-25-8-7-10-33(38-48-22-31(23-49-38)41(2)3)32-15-12-28(32)20-42-17-6-5-9-26-18-30(39)14-11-29(26)21-47-35-16-13-27(19-34(35)42)37(43)40-50(44,45)36(25)24-46-4/h11,13-14,16,18-19,25,28,31-33,36,38H,5-10,12,15,17,20-24H2,1-4H3,(H,40,43)/t25-,28-,31?,32+,33+,36+,38?/m0/s1. The normalized spacial score (nSPS) is 30.9. The van der Waals surface area contributed by atoms with Gasteiger partial charge in [-0.3, -0.25) is 4.79 Å². The number of halogens is 1. The first-order chi connectivity index (χ1) is 24.0. The summed E-state index contributed by atoms with van der Waals surface area (Å²) in [4.78, 5) is 18.2. The van der Waals surface area contributed by atoms with Crippen LogP contribution >= 0.6 is 11.6 Å². The van der Waals surface area contributed by atoms with Crippen LogP contribution in [0.4, 0.5) is 5.69 Å². The van der Waals surface area contributed by atoms with Gasteiger partial charge in [-0.1, -0.05) is 31.0 Å². The van der Waals surface area contributed by atoms with Gasteiger partial charge in [-0.2, -0.15) is 0 Å². The Kier molecular flexibility index (Phi) is 12.3. The molecule has 3 aliphatic heterocycles. The molecule has 2 fully saturated rings. The Morgan fingerprint density at radius 3 is 2.50 bits per heavy atom. The van der Waals surface area contributed by atoms with Crippen molar-refractivity contribution in [1.82, 2.24) is 9.62 Å². The Morgan fingerprint density at radius 2 is 1.78 bits per heavy atom. The van der Waals surface area contributed by atoms with Crippen molar-refractivity contribution in [2.45, 2.75) is 82.5 Å². The van der Waals surface area contributed by atoms with Gasteiger partial charge >= 0.3 is 0 Å². The Hall–Kier alpha value is -2.41. The van der Waals surface area contributed by atoms with E-state index in [1.54, 1.807) is 12.1 Å². The summed E-state index contributed by atoms with van der Waals surface area (Å²) in [5, 5.41) is -0.165. The molecule has 4 aliphatic rings. The Bertz CT molecular complexity index is 1580. The second-order valence-corrected chi connectivity index (χ2v) is 17.3. The van der Waals surface area contributed by atoms with Crippen LogP contribution in [0.3, 0.4) is 0 Å². The molecule has 0 aromatic heterocycles. The summed E-state index contributed by atoms with van der Waals surface area (Å²) < 4.78 is 54.7. The van der Waals surface area contributed by atoms with Crippen LogP contribution in [0, 0.1) is 23.7 Å². The average molecular weight is 732 g/mol. The van der Waals surface area contributed by atoms with Crippen LogP contribution in [0.5, 0.6) is 5.75 Å². The van der Waals surface area contributed by atoms with Crippen LogP contribution in [0.25, 0.3) is 0 Å². The molecular formula is C38H54ClN3O7S. The number of nitrogens with zero attached hydrogens (tertiary/aromatic N) is 2. The first-order valence-corrected chi connectivity index (χ1v) is 20.2. The summed E-state index contributed by atoms with van der Waals surface area (Å²) in [6, 6.07) is 11.4. The van der Waals surface area contributed by atoms with Crippen LogP contribution in [-0.4, -0.2) is 90.9 Å². The number of carbonyl (C=O) groups excluding carboxylic acids is 1. The molecule has 12 heteroatoms. The van der Waals surface area contributed by atoms with Crippen molar-refractivity contribution < 1.29 is 32.2 Å². The molecule has 1 saturated heterocycles. The van der Waals surface area contributed by atoms with Gasteiger partial charge in [0, 0.05) is 36.7 Å². The van der Waals surface area contributed by atoms with Crippen molar-refractivity contribution in [1.29, 1.82) is 0 Å². The van der Waals surface area contributed by atoms with Gasteiger partial charge in [0.2, 0.25) is 10.0 Å². The maximum absolute atomic E-state index is 13.8. The number of nitrogens with one attached hydrogen (secondary N) is 1.